The Hall–Kier alpha value is -4.32. The normalized spacial score (nSPS) is 11.7. The molecule has 0 bridgehead atoms. The lowest BCUT2D eigenvalue weighted by Crippen LogP contribution is -2.30. The molecule has 0 amide bonds. The molecule has 35 heavy (non-hydrogen) atoms. The lowest BCUT2D eigenvalue weighted by atomic mass is 9.77. The average Bonchev–Trinajstić information content (AvgIpc) is 3.44. The van der Waals surface area contributed by atoms with Gasteiger partial charge in [0.05, 0.1) is 11.0 Å². The SMILES string of the molecule is OB(O)c1cccc2oc3ccc(-n4c5ccccc5c5cc(-c6ccccc6)ccc54)cc3c12. The highest BCUT2D eigenvalue weighted by molar-refractivity contribution is 6.62. The number of rotatable bonds is 3. The van der Waals surface area contributed by atoms with Gasteiger partial charge in [-0.1, -0.05) is 66.7 Å². The molecule has 0 saturated heterocycles. The monoisotopic (exact) mass is 453 g/mol. The summed E-state index contributed by atoms with van der Waals surface area (Å²) in [7, 11) is -1.58. The fraction of sp³-hybridized carbons (Fsp3) is 0. The van der Waals surface area contributed by atoms with Gasteiger partial charge in [0.15, 0.2) is 0 Å². The highest BCUT2D eigenvalue weighted by Crippen LogP contribution is 2.36. The topological polar surface area (TPSA) is 58.5 Å². The van der Waals surface area contributed by atoms with Gasteiger partial charge in [-0.05, 0) is 59.1 Å². The standard InChI is InChI=1S/C30H20BNO3/c33-31(34)25-10-6-12-29-30(25)24-18-21(14-16-28(24)35-29)32-26-11-5-4-9-22(26)23-17-20(13-15-27(23)32)19-7-2-1-3-8-19/h1-18,33-34H. The minimum Gasteiger partial charge on any atom is -0.456 e. The van der Waals surface area contributed by atoms with Gasteiger partial charge in [-0.25, -0.2) is 0 Å². The van der Waals surface area contributed by atoms with Crippen LogP contribution in [0.25, 0.3) is 60.6 Å². The molecule has 5 aromatic carbocycles. The van der Waals surface area contributed by atoms with Crippen molar-refractivity contribution >= 4 is 56.3 Å². The van der Waals surface area contributed by atoms with Crippen LogP contribution in [0.5, 0.6) is 0 Å². The smallest absolute Gasteiger partial charge is 0.456 e. The number of furan rings is 1. The van der Waals surface area contributed by atoms with Crippen molar-refractivity contribution in [3.8, 4) is 16.8 Å². The van der Waals surface area contributed by atoms with Gasteiger partial charge in [-0.2, -0.15) is 0 Å². The lowest BCUT2D eigenvalue weighted by Gasteiger charge is -2.09. The molecule has 7 aromatic rings. The van der Waals surface area contributed by atoms with E-state index in [2.05, 4.69) is 83.4 Å². The molecule has 166 valence electrons. The Labute approximate surface area is 201 Å². The molecular weight excluding hydrogens is 433 g/mol. The first kappa shape index (κ1) is 20.1. The molecule has 0 aliphatic carbocycles. The van der Waals surface area contributed by atoms with E-state index in [1.807, 2.05) is 18.2 Å². The van der Waals surface area contributed by atoms with E-state index >= 15 is 0 Å². The molecule has 7 rings (SSSR count). The largest absolute Gasteiger partial charge is 0.489 e. The minimum absolute atomic E-state index is 0.438. The Morgan fingerprint density at radius 1 is 0.571 bits per heavy atom. The summed E-state index contributed by atoms with van der Waals surface area (Å²) in [6.45, 7) is 0. The molecule has 0 fully saturated rings. The van der Waals surface area contributed by atoms with E-state index in [0.29, 0.717) is 16.6 Å². The van der Waals surface area contributed by atoms with Gasteiger partial charge < -0.3 is 19.0 Å². The van der Waals surface area contributed by atoms with Gasteiger partial charge in [-0.3, -0.25) is 0 Å². The zero-order valence-electron chi connectivity index (χ0n) is 18.7. The van der Waals surface area contributed by atoms with Gasteiger partial charge in [-0.15, -0.1) is 0 Å². The Bertz CT molecular complexity index is 1880. The maximum absolute atomic E-state index is 9.96. The lowest BCUT2D eigenvalue weighted by molar-refractivity contribution is 0.426. The summed E-state index contributed by atoms with van der Waals surface area (Å²) in [5.74, 6) is 0. The number of hydrogen-bond donors (Lipinski definition) is 2. The minimum atomic E-state index is -1.58. The van der Waals surface area contributed by atoms with Gasteiger partial charge in [0, 0.05) is 27.2 Å². The second kappa shape index (κ2) is 7.60. The predicted octanol–water partition coefficient (Wildman–Crippen LogP) is 6.03. The van der Waals surface area contributed by atoms with Crippen LogP contribution in [0.2, 0.25) is 0 Å². The second-order valence-corrected chi connectivity index (χ2v) is 8.83. The van der Waals surface area contributed by atoms with Crippen molar-refractivity contribution in [3.05, 3.63) is 109 Å². The van der Waals surface area contributed by atoms with Crippen molar-refractivity contribution in [2.24, 2.45) is 0 Å². The van der Waals surface area contributed by atoms with Crippen LogP contribution < -0.4 is 5.46 Å². The third-order valence-electron chi connectivity index (χ3n) is 6.83. The number of nitrogens with zero attached hydrogens (tertiary/aromatic N) is 1. The molecule has 2 N–H and O–H groups in total. The Morgan fingerprint density at radius 2 is 1.37 bits per heavy atom. The molecule has 4 nitrogen and oxygen atoms in total. The van der Waals surface area contributed by atoms with Crippen LogP contribution in [0.15, 0.2) is 114 Å². The average molecular weight is 453 g/mol. The van der Waals surface area contributed by atoms with Crippen molar-refractivity contribution in [2.45, 2.75) is 0 Å². The van der Waals surface area contributed by atoms with E-state index in [1.54, 1.807) is 12.1 Å². The maximum atomic E-state index is 9.96. The summed E-state index contributed by atoms with van der Waals surface area (Å²) in [5, 5.41) is 23.9. The van der Waals surface area contributed by atoms with E-state index in [-0.39, 0.29) is 0 Å². The van der Waals surface area contributed by atoms with E-state index < -0.39 is 7.12 Å². The molecule has 0 atom stereocenters. The van der Waals surface area contributed by atoms with Gasteiger partial charge in [0.2, 0.25) is 0 Å². The number of para-hydroxylation sites is 1. The fourth-order valence-electron chi connectivity index (χ4n) is 5.26. The summed E-state index contributed by atoms with van der Waals surface area (Å²) >= 11 is 0. The molecule has 0 radical (unpaired) electrons. The van der Waals surface area contributed by atoms with E-state index in [9.17, 15) is 10.0 Å². The van der Waals surface area contributed by atoms with Gasteiger partial charge in [0.25, 0.3) is 0 Å². The number of benzene rings is 5. The maximum Gasteiger partial charge on any atom is 0.489 e. The van der Waals surface area contributed by atoms with Crippen LogP contribution in [-0.2, 0) is 0 Å². The summed E-state index contributed by atoms with van der Waals surface area (Å²) in [4.78, 5) is 0. The quantitative estimate of drug-likeness (QED) is 0.321. The summed E-state index contributed by atoms with van der Waals surface area (Å²) in [6.07, 6.45) is 0. The first-order chi connectivity index (χ1) is 17.2. The van der Waals surface area contributed by atoms with Crippen molar-refractivity contribution in [2.75, 3.05) is 0 Å². The second-order valence-electron chi connectivity index (χ2n) is 8.83. The molecule has 0 saturated carbocycles. The molecule has 0 unspecified atom stereocenters. The zero-order chi connectivity index (χ0) is 23.5. The molecular formula is C30H20BNO3. The zero-order valence-corrected chi connectivity index (χ0v) is 18.7. The van der Waals surface area contributed by atoms with E-state index in [4.69, 9.17) is 4.42 Å². The van der Waals surface area contributed by atoms with E-state index in [0.717, 1.165) is 27.5 Å². The van der Waals surface area contributed by atoms with Crippen molar-refractivity contribution in [1.29, 1.82) is 0 Å². The van der Waals surface area contributed by atoms with Crippen LogP contribution in [0, 0.1) is 0 Å². The molecule has 2 aromatic heterocycles. The van der Waals surface area contributed by atoms with E-state index in [1.165, 1.54) is 21.9 Å². The number of aromatic nitrogens is 1. The first-order valence-electron chi connectivity index (χ1n) is 11.6. The summed E-state index contributed by atoms with van der Waals surface area (Å²) < 4.78 is 8.28. The molecule has 5 heteroatoms. The third kappa shape index (κ3) is 3.03. The van der Waals surface area contributed by atoms with Crippen LogP contribution in [0.3, 0.4) is 0 Å². The highest BCUT2D eigenvalue weighted by Gasteiger charge is 2.20. The number of fused-ring (bicyclic) bond motifs is 6. The molecule has 0 aliphatic heterocycles. The molecule has 0 spiro atoms. The Morgan fingerprint density at radius 3 is 2.23 bits per heavy atom. The third-order valence-corrected chi connectivity index (χ3v) is 6.83. The summed E-state index contributed by atoms with van der Waals surface area (Å²) in [5.41, 5.74) is 7.37. The van der Waals surface area contributed by atoms with Crippen LogP contribution in [0.1, 0.15) is 0 Å². The Kier molecular flexibility index (Phi) is 4.36. The summed E-state index contributed by atoms with van der Waals surface area (Å²) in [6, 6.07) is 36.9. The molecule has 0 aliphatic rings. The van der Waals surface area contributed by atoms with Crippen LogP contribution >= 0.6 is 0 Å². The van der Waals surface area contributed by atoms with Gasteiger partial charge in [0.1, 0.15) is 11.2 Å². The highest BCUT2D eigenvalue weighted by atomic mass is 16.4. The first-order valence-corrected chi connectivity index (χ1v) is 11.6. The van der Waals surface area contributed by atoms with Crippen molar-refractivity contribution in [1.82, 2.24) is 4.57 Å². The van der Waals surface area contributed by atoms with Gasteiger partial charge >= 0.3 is 7.12 Å². The van der Waals surface area contributed by atoms with Crippen molar-refractivity contribution in [3.63, 3.8) is 0 Å². The molecule has 2 heterocycles. The predicted molar refractivity (Wildman–Crippen MR) is 143 cm³/mol. The Balaban J connectivity index is 1.52. The number of hydrogen-bond acceptors (Lipinski definition) is 3. The van der Waals surface area contributed by atoms with Crippen LogP contribution in [0.4, 0.5) is 0 Å². The van der Waals surface area contributed by atoms with Crippen LogP contribution in [-0.4, -0.2) is 21.7 Å². The fourth-order valence-corrected chi connectivity index (χ4v) is 5.26. The van der Waals surface area contributed by atoms with Crippen molar-refractivity contribution < 1.29 is 14.5 Å².